The van der Waals surface area contributed by atoms with E-state index in [-0.39, 0.29) is 37.8 Å². The van der Waals surface area contributed by atoms with Gasteiger partial charge in [-0.1, -0.05) is 68.3 Å². The Morgan fingerprint density at radius 2 is 1.62 bits per heavy atom. The van der Waals surface area contributed by atoms with E-state index in [2.05, 4.69) is 34.9 Å². The molecule has 3 rings (SSSR count). The van der Waals surface area contributed by atoms with E-state index < -0.39 is 24.2 Å². The molecular formula is C26H32N2O6. The summed E-state index contributed by atoms with van der Waals surface area (Å²) in [4.78, 5) is 35.5. The van der Waals surface area contributed by atoms with Gasteiger partial charge in [-0.25, -0.2) is 9.59 Å². The predicted octanol–water partition coefficient (Wildman–Crippen LogP) is 3.43. The molecule has 1 aliphatic carbocycles. The Morgan fingerprint density at radius 3 is 2.21 bits per heavy atom. The second kappa shape index (κ2) is 12.2. The Bertz CT molecular complexity index is 963. The minimum Gasteiger partial charge on any atom is -0.479 e. The van der Waals surface area contributed by atoms with E-state index in [1.54, 1.807) is 0 Å². The molecule has 0 aliphatic heterocycles. The van der Waals surface area contributed by atoms with Gasteiger partial charge in [0.15, 0.2) is 6.10 Å². The number of nitrogens with one attached hydrogen (secondary N) is 2. The lowest BCUT2D eigenvalue weighted by Crippen LogP contribution is -2.40. The van der Waals surface area contributed by atoms with E-state index >= 15 is 0 Å². The number of rotatable bonds is 12. The van der Waals surface area contributed by atoms with Crippen molar-refractivity contribution in [3.05, 3.63) is 59.7 Å². The fraction of sp³-hybridized carbons (Fsp3) is 0.423. The number of carboxylic acids is 1. The molecule has 0 fully saturated rings. The average molecular weight is 469 g/mol. The highest BCUT2D eigenvalue weighted by molar-refractivity contribution is 5.79. The molecule has 1 aliphatic rings. The summed E-state index contributed by atoms with van der Waals surface area (Å²) in [7, 11) is 0. The highest BCUT2D eigenvalue weighted by Gasteiger charge is 2.29. The van der Waals surface area contributed by atoms with Crippen LogP contribution in [0.15, 0.2) is 48.5 Å². The van der Waals surface area contributed by atoms with Gasteiger partial charge in [-0.2, -0.15) is 0 Å². The monoisotopic (exact) mass is 468 g/mol. The molecule has 4 N–H and O–H groups in total. The normalized spacial score (nSPS) is 13.9. The molecule has 2 aromatic carbocycles. The smallest absolute Gasteiger partial charge is 0.407 e. The maximum absolute atomic E-state index is 12.6. The van der Waals surface area contributed by atoms with Crippen LogP contribution in [0.4, 0.5) is 4.79 Å². The van der Waals surface area contributed by atoms with Crippen LogP contribution in [0.25, 0.3) is 11.1 Å². The first kappa shape index (κ1) is 25.2. The van der Waals surface area contributed by atoms with Gasteiger partial charge in [0.05, 0.1) is 0 Å². The Hall–Kier alpha value is -3.39. The number of carbonyl (C=O) groups excluding carboxylic acids is 2. The molecule has 0 heterocycles. The number of amides is 2. The molecule has 34 heavy (non-hydrogen) atoms. The second-order valence-corrected chi connectivity index (χ2v) is 8.51. The summed E-state index contributed by atoms with van der Waals surface area (Å²) in [6.45, 7) is 2.26. The number of unbranched alkanes of at least 4 members (excludes halogenated alkanes) is 1. The number of aliphatic hydroxyl groups excluding tert-OH is 1. The van der Waals surface area contributed by atoms with Gasteiger partial charge in [-0.3, -0.25) is 4.79 Å². The lowest BCUT2D eigenvalue weighted by Gasteiger charge is -2.20. The van der Waals surface area contributed by atoms with Crippen LogP contribution >= 0.6 is 0 Å². The predicted molar refractivity (Wildman–Crippen MR) is 127 cm³/mol. The fourth-order valence-corrected chi connectivity index (χ4v) is 4.25. The molecule has 0 bridgehead atoms. The number of fused-ring (bicyclic) bond motifs is 3. The van der Waals surface area contributed by atoms with Gasteiger partial charge in [-0.05, 0) is 28.7 Å². The lowest BCUT2D eigenvalue weighted by atomic mass is 9.98. The van der Waals surface area contributed by atoms with Crippen LogP contribution in [0.1, 0.15) is 56.1 Å². The third-order valence-electron chi connectivity index (χ3n) is 6.03. The zero-order valence-electron chi connectivity index (χ0n) is 19.3. The minimum atomic E-state index is -1.52. The van der Waals surface area contributed by atoms with Crippen LogP contribution in [0.5, 0.6) is 0 Å². The van der Waals surface area contributed by atoms with E-state index in [0.717, 1.165) is 35.1 Å². The first-order chi connectivity index (χ1) is 16.4. The van der Waals surface area contributed by atoms with Crippen LogP contribution in [0.3, 0.4) is 0 Å². The second-order valence-electron chi connectivity index (χ2n) is 8.51. The van der Waals surface area contributed by atoms with Gasteiger partial charge in [0.2, 0.25) is 5.91 Å². The van der Waals surface area contributed by atoms with Crippen LogP contribution in [-0.4, -0.2) is 53.5 Å². The summed E-state index contributed by atoms with van der Waals surface area (Å²) in [6, 6.07) is 15.8. The lowest BCUT2D eigenvalue weighted by molar-refractivity contribution is -0.147. The summed E-state index contributed by atoms with van der Waals surface area (Å²) in [5.41, 5.74) is 4.55. The number of ether oxygens (including phenoxy) is 1. The number of benzene rings is 2. The van der Waals surface area contributed by atoms with Crippen molar-refractivity contribution in [2.75, 3.05) is 13.2 Å². The molecule has 1 unspecified atom stereocenters. The molecule has 2 atom stereocenters. The third-order valence-corrected chi connectivity index (χ3v) is 6.03. The maximum Gasteiger partial charge on any atom is 0.407 e. The standard InChI is InChI=1S/C26H32N2O6/c1-2-3-8-17(15-24(30)27-14-13-23(29)25(31)32)28-26(33)34-16-22-20-11-6-4-9-18(20)19-10-5-7-12-21(19)22/h4-7,9-12,17,22-23,29H,2-3,8,13-16H2,1H3,(H,27,30)(H,28,33)(H,31,32)/t17-,23?/m0/s1. The van der Waals surface area contributed by atoms with Gasteiger partial charge in [0, 0.05) is 31.3 Å². The number of hydrogen-bond donors (Lipinski definition) is 4. The van der Waals surface area contributed by atoms with Gasteiger partial charge in [-0.15, -0.1) is 0 Å². The van der Waals surface area contributed by atoms with Crippen LogP contribution < -0.4 is 10.6 Å². The van der Waals surface area contributed by atoms with Crippen molar-refractivity contribution in [1.29, 1.82) is 0 Å². The van der Waals surface area contributed by atoms with E-state index in [9.17, 15) is 19.5 Å². The first-order valence-corrected chi connectivity index (χ1v) is 11.7. The van der Waals surface area contributed by atoms with Crippen molar-refractivity contribution in [3.63, 3.8) is 0 Å². The van der Waals surface area contributed by atoms with Crippen molar-refractivity contribution in [2.45, 2.75) is 57.1 Å². The number of aliphatic hydroxyl groups is 1. The molecule has 0 saturated heterocycles. The van der Waals surface area contributed by atoms with E-state index in [1.807, 2.05) is 31.2 Å². The van der Waals surface area contributed by atoms with Gasteiger partial charge < -0.3 is 25.6 Å². The largest absolute Gasteiger partial charge is 0.479 e. The molecule has 0 radical (unpaired) electrons. The molecule has 0 aromatic heterocycles. The number of aliphatic carboxylic acids is 1. The molecule has 2 aromatic rings. The maximum atomic E-state index is 12.6. The zero-order valence-corrected chi connectivity index (χ0v) is 19.3. The van der Waals surface area contributed by atoms with Crippen molar-refractivity contribution in [3.8, 4) is 11.1 Å². The number of carbonyl (C=O) groups is 3. The molecule has 182 valence electrons. The minimum absolute atomic E-state index is 0.0394. The molecule has 0 saturated carbocycles. The summed E-state index contributed by atoms with van der Waals surface area (Å²) < 4.78 is 5.59. The Kier molecular flexibility index (Phi) is 9.04. The van der Waals surface area contributed by atoms with Gasteiger partial charge in [0.1, 0.15) is 6.61 Å². The number of carboxylic acid groups (broad SMARTS) is 1. The van der Waals surface area contributed by atoms with Gasteiger partial charge in [0.25, 0.3) is 0 Å². The summed E-state index contributed by atoms with van der Waals surface area (Å²) in [6.07, 6.45) is 0.237. The highest BCUT2D eigenvalue weighted by Crippen LogP contribution is 2.44. The summed E-state index contributed by atoms with van der Waals surface area (Å²) >= 11 is 0. The first-order valence-electron chi connectivity index (χ1n) is 11.7. The Balaban J connectivity index is 1.54. The summed E-state index contributed by atoms with van der Waals surface area (Å²) in [5.74, 6) is -1.69. The molecule has 0 spiro atoms. The summed E-state index contributed by atoms with van der Waals surface area (Å²) in [5, 5.41) is 23.4. The topological polar surface area (TPSA) is 125 Å². The van der Waals surface area contributed by atoms with Crippen LogP contribution in [-0.2, 0) is 14.3 Å². The zero-order chi connectivity index (χ0) is 24.5. The third kappa shape index (κ3) is 6.57. The van der Waals surface area contributed by atoms with Crippen molar-refractivity contribution in [1.82, 2.24) is 10.6 Å². The fourth-order valence-electron chi connectivity index (χ4n) is 4.25. The van der Waals surface area contributed by atoms with Crippen molar-refractivity contribution >= 4 is 18.0 Å². The SMILES string of the molecule is CCCC[C@@H](CC(=O)NCCC(O)C(=O)O)NC(=O)OCC1c2ccccc2-c2ccccc21. The molecule has 8 nitrogen and oxygen atoms in total. The number of alkyl carbamates (subject to hydrolysis) is 1. The molecule has 8 heteroatoms. The van der Waals surface area contributed by atoms with E-state index in [1.165, 1.54) is 0 Å². The molecule has 2 amide bonds. The highest BCUT2D eigenvalue weighted by atomic mass is 16.5. The molecular weight excluding hydrogens is 436 g/mol. The van der Waals surface area contributed by atoms with E-state index in [0.29, 0.717) is 6.42 Å². The Morgan fingerprint density at radius 1 is 1.00 bits per heavy atom. The van der Waals surface area contributed by atoms with E-state index in [4.69, 9.17) is 9.84 Å². The van der Waals surface area contributed by atoms with Crippen molar-refractivity contribution < 1.29 is 29.3 Å². The quantitative estimate of drug-likeness (QED) is 0.378. The van der Waals surface area contributed by atoms with Crippen molar-refractivity contribution in [2.24, 2.45) is 0 Å². The van der Waals surface area contributed by atoms with Gasteiger partial charge >= 0.3 is 12.1 Å². The van der Waals surface area contributed by atoms with Crippen LogP contribution in [0, 0.1) is 0 Å². The Labute approximate surface area is 199 Å². The number of hydrogen-bond acceptors (Lipinski definition) is 5. The average Bonchev–Trinajstić information content (AvgIpc) is 3.14. The van der Waals surface area contributed by atoms with Crippen LogP contribution in [0.2, 0.25) is 0 Å².